The number of imidazole rings is 2. The van der Waals surface area contributed by atoms with E-state index in [0.29, 0.717) is 13.1 Å². The van der Waals surface area contributed by atoms with Gasteiger partial charge in [-0.15, -0.1) is 0 Å². The van der Waals surface area contributed by atoms with Gasteiger partial charge in [-0.2, -0.15) is 0 Å². The number of carbonyl (C=O) groups excluding carboxylic acids is 4. The molecule has 4 fully saturated rings. The first kappa shape index (κ1) is 34.0. The van der Waals surface area contributed by atoms with Crippen LogP contribution in [-0.4, -0.2) is 78.5 Å². The molecule has 266 valence electrons. The lowest BCUT2D eigenvalue weighted by Gasteiger charge is -2.30. The molecule has 4 aliphatic rings. The number of carbonyl (C=O) groups is 4. The van der Waals surface area contributed by atoms with E-state index in [1.165, 1.54) is 0 Å². The average Bonchev–Trinajstić information content (AvgIpc) is 3.86. The van der Waals surface area contributed by atoms with Gasteiger partial charge in [0.25, 0.3) is 0 Å². The Morgan fingerprint density at radius 3 is 1.36 bits per heavy atom. The van der Waals surface area contributed by atoms with Crippen molar-refractivity contribution in [1.29, 1.82) is 0 Å². The molecule has 2 saturated heterocycles. The molecule has 0 unspecified atom stereocenters. The van der Waals surface area contributed by atoms with Gasteiger partial charge in [-0.05, 0) is 74.3 Å². The Kier molecular flexibility index (Phi) is 9.54. The Labute approximate surface area is 293 Å². The zero-order valence-electron chi connectivity index (χ0n) is 29.6. The van der Waals surface area contributed by atoms with E-state index in [9.17, 15) is 19.2 Å². The molecule has 2 saturated carbocycles. The zero-order chi connectivity index (χ0) is 35.1. The quantitative estimate of drug-likeness (QED) is 0.213. The first-order valence-electron chi connectivity index (χ1n) is 18.5. The van der Waals surface area contributed by atoms with Gasteiger partial charge in [0.2, 0.25) is 23.6 Å². The Morgan fingerprint density at radius 2 is 1.02 bits per heavy atom. The molecule has 2 aliphatic heterocycles. The van der Waals surface area contributed by atoms with Crippen LogP contribution in [0.1, 0.15) is 103 Å². The maximum absolute atomic E-state index is 13.7. The van der Waals surface area contributed by atoms with Crippen molar-refractivity contribution in [3.05, 3.63) is 48.3 Å². The van der Waals surface area contributed by atoms with Gasteiger partial charge in [0.05, 0.1) is 35.9 Å². The number of amides is 4. The molecule has 4 atom stereocenters. The van der Waals surface area contributed by atoms with Crippen molar-refractivity contribution in [3.63, 3.8) is 0 Å². The second-order valence-electron chi connectivity index (χ2n) is 15.3. The molecular formula is C38H50N8O4. The number of H-pyrrole nitrogens is 2. The number of rotatable bonds is 12. The number of likely N-dealkylation sites (tertiary alicyclic amines) is 2. The summed E-state index contributed by atoms with van der Waals surface area (Å²) in [5.74, 6) is 1.50. The number of aromatic nitrogens is 4. The van der Waals surface area contributed by atoms with Crippen molar-refractivity contribution in [2.75, 3.05) is 13.1 Å². The van der Waals surface area contributed by atoms with E-state index in [1.807, 2.05) is 74.2 Å². The lowest BCUT2D eigenvalue weighted by atomic mass is 10.0. The molecule has 7 rings (SSSR count). The zero-order valence-corrected chi connectivity index (χ0v) is 29.6. The van der Waals surface area contributed by atoms with Gasteiger partial charge in [0.15, 0.2) is 0 Å². The van der Waals surface area contributed by atoms with Crippen LogP contribution >= 0.6 is 0 Å². The molecule has 3 aromatic rings. The third-order valence-electron chi connectivity index (χ3n) is 10.8. The van der Waals surface area contributed by atoms with E-state index in [2.05, 4.69) is 20.6 Å². The lowest BCUT2D eigenvalue weighted by Crippen LogP contribution is -2.51. The standard InChI is InChI=1S/C38H50N8O4/c1-21(2)31(43-35(47)25-13-14-25)37(49)45-17-5-7-29(45)33-39-19-27(41-33)23-9-11-24(12-10-23)28-20-40-34(42-28)30-8-6-18-46(30)38(50)32(22(3)4)44-36(48)26-15-16-26/h9-12,19-22,25-26,29-32H,5-8,13-18H2,1-4H3,(H,39,41)(H,40,42)(H,43,47)(H,44,48)/t29-,30-,31+,32+/m0/s1. The number of benzene rings is 1. The SMILES string of the molecule is CC(C)[C@@H](NC(=O)C1CC1)C(=O)N1CCC[C@H]1c1ncc(-c2ccc(-c3cnc([C@@H]4CCCN4C(=O)[C@H](NC(=O)C4CC4)C(C)C)[nH]3)cc2)[nH]1. The van der Waals surface area contributed by atoms with Gasteiger partial charge in [0, 0.05) is 24.9 Å². The monoisotopic (exact) mass is 682 g/mol. The fourth-order valence-electron chi connectivity index (χ4n) is 7.38. The van der Waals surface area contributed by atoms with Gasteiger partial charge in [0.1, 0.15) is 23.7 Å². The third kappa shape index (κ3) is 7.07. The van der Waals surface area contributed by atoms with Crippen LogP contribution in [0.25, 0.3) is 22.5 Å². The van der Waals surface area contributed by atoms with Crippen molar-refractivity contribution in [1.82, 2.24) is 40.4 Å². The van der Waals surface area contributed by atoms with Crippen LogP contribution in [0.4, 0.5) is 0 Å². The molecule has 0 spiro atoms. The van der Waals surface area contributed by atoms with E-state index < -0.39 is 12.1 Å². The number of aromatic amines is 2. The first-order valence-corrected chi connectivity index (χ1v) is 18.5. The minimum atomic E-state index is -0.539. The van der Waals surface area contributed by atoms with E-state index in [0.717, 1.165) is 85.5 Å². The summed E-state index contributed by atoms with van der Waals surface area (Å²) in [4.78, 5) is 72.5. The molecule has 0 radical (unpaired) electrons. The molecule has 1 aromatic carbocycles. The highest BCUT2D eigenvalue weighted by Crippen LogP contribution is 2.36. The Balaban J connectivity index is 1.01. The van der Waals surface area contributed by atoms with Crippen molar-refractivity contribution >= 4 is 23.6 Å². The van der Waals surface area contributed by atoms with Crippen LogP contribution in [0.15, 0.2) is 36.7 Å². The minimum absolute atomic E-state index is 0.00856. The van der Waals surface area contributed by atoms with E-state index in [-0.39, 0.29) is 59.4 Å². The van der Waals surface area contributed by atoms with Crippen LogP contribution < -0.4 is 10.6 Å². The topological polar surface area (TPSA) is 156 Å². The summed E-state index contributed by atoms with van der Waals surface area (Å²) < 4.78 is 0. The Hall–Kier alpha value is -4.48. The van der Waals surface area contributed by atoms with E-state index in [1.54, 1.807) is 0 Å². The van der Waals surface area contributed by atoms with Gasteiger partial charge in [-0.25, -0.2) is 9.97 Å². The molecule has 0 bridgehead atoms. The van der Waals surface area contributed by atoms with Crippen molar-refractivity contribution in [2.24, 2.45) is 23.7 Å². The second kappa shape index (κ2) is 14.0. The molecule has 2 aliphatic carbocycles. The van der Waals surface area contributed by atoms with Crippen molar-refractivity contribution in [2.45, 2.75) is 103 Å². The molecule has 12 nitrogen and oxygen atoms in total. The second-order valence-corrected chi connectivity index (χ2v) is 15.3. The number of hydrogen-bond acceptors (Lipinski definition) is 6. The highest BCUT2D eigenvalue weighted by atomic mass is 16.2. The smallest absolute Gasteiger partial charge is 0.246 e. The highest BCUT2D eigenvalue weighted by Gasteiger charge is 2.41. The van der Waals surface area contributed by atoms with Crippen molar-refractivity contribution < 1.29 is 19.2 Å². The molecule has 4 heterocycles. The average molecular weight is 683 g/mol. The maximum Gasteiger partial charge on any atom is 0.246 e. The number of hydrogen-bond donors (Lipinski definition) is 4. The fraction of sp³-hybridized carbons (Fsp3) is 0.579. The van der Waals surface area contributed by atoms with Gasteiger partial charge >= 0.3 is 0 Å². The van der Waals surface area contributed by atoms with E-state index >= 15 is 0 Å². The van der Waals surface area contributed by atoms with E-state index in [4.69, 9.17) is 9.97 Å². The fourth-order valence-corrected chi connectivity index (χ4v) is 7.38. The summed E-state index contributed by atoms with van der Waals surface area (Å²) in [5.41, 5.74) is 3.68. The summed E-state index contributed by atoms with van der Waals surface area (Å²) in [6.45, 7) is 9.20. The molecule has 50 heavy (non-hydrogen) atoms. The highest BCUT2D eigenvalue weighted by molar-refractivity contribution is 5.90. The molecule has 2 aromatic heterocycles. The summed E-state index contributed by atoms with van der Waals surface area (Å²) in [5, 5.41) is 6.04. The lowest BCUT2D eigenvalue weighted by molar-refractivity contribution is -0.139. The molecule has 4 N–H and O–H groups in total. The summed E-state index contributed by atoms with van der Waals surface area (Å²) in [6.07, 6.45) is 10.7. The largest absolute Gasteiger partial charge is 0.344 e. The predicted molar refractivity (Wildman–Crippen MR) is 188 cm³/mol. The maximum atomic E-state index is 13.7. The minimum Gasteiger partial charge on any atom is -0.344 e. The van der Waals surface area contributed by atoms with Crippen LogP contribution in [0.2, 0.25) is 0 Å². The first-order chi connectivity index (χ1) is 24.1. The third-order valence-corrected chi connectivity index (χ3v) is 10.8. The van der Waals surface area contributed by atoms with Gasteiger partial charge in [-0.1, -0.05) is 52.0 Å². The number of nitrogens with zero attached hydrogens (tertiary/aromatic N) is 4. The van der Waals surface area contributed by atoms with Crippen LogP contribution in [0.3, 0.4) is 0 Å². The summed E-state index contributed by atoms with van der Waals surface area (Å²) in [6, 6.07) is 6.74. The summed E-state index contributed by atoms with van der Waals surface area (Å²) in [7, 11) is 0. The van der Waals surface area contributed by atoms with Crippen molar-refractivity contribution in [3.8, 4) is 22.5 Å². The number of nitrogens with one attached hydrogen (secondary N) is 4. The van der Waals surface area contributed by atoms with Gasteiger partial charge in [-0.3, -0.25) is 19.2 Å². The van der Waals surface area contributed by atoms with Crippen LogP contribution in [0, 0.1) is 23.7 Å². The predicted octanol–water partition coefficient (Wildman–Crippen LogP) is 4.90. The normalized spacial score (nSPS) is 21.9. The van der Waals surface area contributed by atoms with Crippen LogP contribution in [0.5, 0.6) is 0 Å². The molecule has 12 heteroatoms. The molecule has 4 amide bonds. The molecular weight excluding hydrogens is 632 g/mol. The Bertz CT molecular complexity index is 1590. The summed E-state index contributed by atoms with van der Waals surface area (Å²) >= 11 is 0. The Morgan fingerprint density at radius 1 is 0.640 bits per heavy atom. The van der Waals surface area contributed by atoms with Gasteiger partial charge < -0.3 is 30.4 Å². The van der Waals surface area contributed by atoms with Crippen LogP contribution in [-0.2, 0) is 19.2 Å².